The van der Waals surface area contributed by atoms with Crippen LogP contribution in [0.25, 0.3) is 0 Å². The molecule has 1 aliphatic rings. The average Bonchev–Trinajstić information content (AvgIpc) is 2.84. The molecule has 0 spiro atoms. The molecule has 3 N–H and O–H groups in total. The minimum Gasteiger partial charge on any atom is -0.493 e. The zero-order valence-corrected chi connectivity index (χ0v) is 12.3. The van der Waals surface area contributed by atoms with Crippen LogP contribution in [0.5, 0.6) is 11.5 Å². The summed E-state index contributed by atoms with van der Waals surface area (Å²) < 4.78 is 10.2. The fourth-order valence-corrected chi connectivity index (χ4v) is 2.07. The highest BCUT2D eigenvalue weighted by molar-refractivity contribution is 6.04. The molecule has 0 aromatic heterocycles. The first-order valence-corrected chi connectivity index (χ1v) is 6.66. The van der Waals surface area contributed by atoms with E-state index in [2.05, 4.69) is 16.0 Å². The summed E-state index contributed by atoms with van der Waals surface area (Å²) in [5.74, 6) is 0.304. The first kappa shape index (κ1) is 15.6. The number of ether oxygens (including phenoxy) is 2. The van der Waals surface area contributed by atoms with Crippen LogP contribution in [0.15, 0.2) is 18.2 Å². The lowest BCUT2D eigenvalue weighted by atomic mass is 10.1. The van der Waals surface area contributed by atoms with Crippen molar-refractivity contribution in [2.45, 2.75) is 12.5 Å². The largest absolute Gasteiger partial charge is 0.493 e. The molecule has 1 fully saturated rings. The molecule has 1 unspecified atom stereocenters. The van der Waals surface area contributed by atoms with Gasteiger partial charge in [0, 0.05) is 12.1 Å². The molecule has 1 heterocycles. The molecule has 1 aromatic rings. The van der Waals surface area contributed by atoms with Gasteiger partial charge in [0.25, 0.3) is 11.8 Å². The second-order valence-electron chi connectivity index (χ2n) is 4.63. The first-order chi connectivity index (χ1) is 10.5. The van der Waals surface area contributed by atoms with Crippen LogP contribution in [0.3, 0.4) is 0 Å². The molecule has 8 nitrogen and oxygen atoms in total. The predicted octanol–water partition coefficient (Wildman–Crippen LogP) is 0.0317. The lowest BCUT2D eigenvalue weighted by Crippen LogP contribution is -2.34. The van der Waals surface area contributed by atoms with Crippen molar-refractivity contribution in [3.8, 4) is 11.5 Å². The van der Waals surface area contributed by atoms with Crippen molar-refractivity contribution in [2.24, 2.45) is 0 Å². The Bertz CT molecular complexity index is 602. The van der Waals surface area contributed by atoms with Crippen LogP contribution < -0.4 is 25.4 Å². The minimum absolute atomic E-state index is 0.256. The molecular weight excluding hydrogens is 290 g/mol. The van der Waals surface area contributed by atoms with Crippen molar-refractivity contribution in [3.05, 3.63) is 23.8 Å². The third-order valence-corrected chi connectivity index (χ3v) is 3.22. The van der Waals surface area contributed by atoms with Crippen LogP contribution in [-0.2, 0) is 4.79 Å². The maximum absolute atomic E-state index is 12.0. The number of rotatable bonds is 6. The average molecular weight is 307 g/mol. The fraction of sp³-hybridized carbons (Fsp3) is 0.357. The number of urea groups is 1. The van der Waals surface area contributed by atoms with Gasteiger partial charge in [0.2, 0.25) is 0 Å². The van der Waals surface area contributed by atoms with Gasteiger partial charge in [-0.2, -0.15) is 0 Å². The molecule has 0 bridgehead atoms. The summed E-state index contributed by atoms with van der Waals surface area (Å²) in [6, 6.07) is 3.69. The van der Waals surface area contributed by atoms with Gasteiger partial charge in [-0.3, -0.25) is 14.9 Å². The van der Waals surface area contributed by atoms with Crippen LogP contribution in [0, 0.1) is 0 Å². The Morgan fingerprint density at radius 2 is 1.95 bits per heavy atom. The fourth-order valence-electron chi connectivity index (χ4n) is 2.07. The number of amides is 4. The van der Waals surface area contributed by atoms with Gasteiger partial charge in [-0.1, -0.05) is 0 Å². The van der Waals surface area contributed by atoms with E-state index < -0.39 is 12.1 Å². The van der Waals surface area contributed by atoms with Gasteiger partial charge in [0.1, 0.15) is 6.04 Å². The normalized spacial score (nSPS) is 16.7. The maximum atomic E-state index is 12.0. The van der Waals surface area contributed by atoms with Crippen LogP contribution in [-0.4, -0.2) is 44.7 Å². The smallest absolute Gasteiger partial charge is 0.322 e. The SMILES string of the molecule is COc1ccc(C(=O)NCCC2NC(=O)NC2=O)cc1OC. The maximum Gasteiger partial charge on any atom is 0.322 e. The number of nitrogens with one attached hydrogen (secondary N) is 3. The molecule has 22 heavy (non-hydrogen) atoms. The molecule has 0 saturated carbocycles. The predicted molar refractivity (Wildman–Crippen MR) is 77.0 cm³/mol. The van der Waals surface area contributed by atoms with Gasteiger partial charge in [0.05, 0.1) is 14.2 Å². The molecular formula is C14H17N3O5. The molecule has 0 radical (unpaired) electrons. The summed E-state index contributed by atoms with van der Waals surface area (Å²) in [5.41, 5.74) is 0.414. The summed E-state index contributed by atoms with van der Waals surface area (Å²) in [4.78, 5) is 34.3. The second-order valence-corrected chi connectivity index (χ2v) is 4.63. The molecule has 2 rings (SSSR count). The highest BCUT2D eigenvalue weighted by atomic mass is 16.5. The summed E-state index contributed by atoms with van der Waals surface area (Å²) in [5, 5.41) is 7.28. The van der Waals surface area contributed by atoms with Gasteiger partial charge >= 0.3 is 6.03 Å². The highest BCUT2D eigenvalue weighted by Gasteiger charge is 2.28. The first-order valence-electron chi connectivity index (χ1n) is 6.66. The van der Waals surface area contributed by atoms with Crippen molar-refractivity contribution in [2.75, 3.05) is 20.8 Å². The Morgan fingerprint density at radius 3 is 2.55 bits per heavy atom. The topological polar surface area (TPSA) is 106 Å². The monoisotopic (exact) mass is 307 g/mol. The standard InChI is InChI=1S/C14H17N3O5/c1-21-10-4-3-8(7-11(10)22-2)12(18)15-6-5-9-13(19)17-14(20)16-9/h3-4,7,9H,5-6H2,1-2H3,(H,15,18)(H2,16,17,19,20). The third kappa shape index (κ3) is 3.46. The van der Waals surface area contributed by atoms with Crippen molar-refractivity contribution >= 4 is 17.8 Å². The number of hydrogen-bond acceptors (Lipinski definition) is 5. The van der Waals surface area contributed by atoms with Gasteiger partial charge in [-0.25, -0.2) is 4.79 Å². The minimum atomic E-state index is -0.613. The van der Waals surface area contributed by atoms with Crippen LogP contribution in [0.1, 0.15) is 16.8 Å². The molecule has 0 aliphatic carbocycles. The number of carbonyl (C=O) groups is 3. The highest BCUT2D eigenvalue weighted by Crippen LogP contribution is 2.27. The molecule has 1 saturated heterocycles. The molecule has 1 atom stereocenters. The lowest BCUT2D eigenvalue weighted by Gasteiger charge is -2.11. The Kier molecular flexibility index (Phi) is 4.82. The molecule has 118 valence electrons. The summed E-state index contributed by atoms with van der Waals surface area (Å²) in [6.07, 6.45) is 0.316. The second kappa shape index (κ2) is 6.79. The zero-order valence-electron chi connectivity index (χ0n) is 12.3. The van der Waals surface area contributed by atoms with Crippen LogP contribution in [0.4, 0.5) is 4.79 Å². The van der Waals surface area contributed by atoms with E-state index in [9.17, 15) is 14.4 Å². The van der Waals surface area contributed by atoms with Crippen molar-refractivity contribution in [3.63, 3.8) is 0 Å². The van der Waals surface area contributed by atoms with E-state index in [0.29, 0.717) is 23.5 Å². The number of carbonyl (C=O) groups excluding carboxylic acids is 3. The van der Waals surface area contributed by atoms with Gasteiger partial charge in [-0.05, 0) is 24.6 Å². The van der Waals surface area contributed by atoms with Crippen molar-refractivity contribution in [1.29, 1.82) is 0 Å². The zero-order chi connectivity index (χ0) is 16.1. The Balaban J connectivity index is 1.90. The number of methoxy groups -OCH3 is 2. The number of hydrogen-bond donors (Lipinski definition) is 3. The molecule has 1 aromatic carbocycles. The Morgan fingerprint density at radius 1 is 1.23 bits per heavy atom. The number of imide groups is 1. The van der Waals surface area contributed by atoms with E-state index in [1.807, 2.05) is 0 Å². The van der Waals surface area contributed by atoms with E-state index in [1.165, 1.54) is 14.2 Å². The van der Waals surface area contributed by atoms with E-state index in [0.717, 1.165) is 0 Å². The Hall–Kier alpha value is -2.77. The van der Waals surface area contributed by atoms with Gasteiger partial charge < -0.3 is 20.1 Å². The van der Waals surface area contributed by atoms with Crippen LogP contribution in [0.2, 0.25) is 0 Å². The molecule has 4 amide bonds. The summed E-state index contributed by atoms with van der Waals surface area (Å²) in [6.45, 7) is 0.256. The number of benzene rings is 1. The van der Waals surface area contributed by atoms with Crippen molar-refractivity contribution in [1.82, 2.24) is 16.0 Å². The Labute approximate surface area is 127 Å². The molecule has 8 heteroatoms. The van der Waals surface area contributed by atoms with E-state index in [4.69, 9.17) is 9.47 Å². The summed E-state index contributed by atoms with van der Waals surface area (Å²) >= 11 is 0. The van der Waals surface area contributed by atoms with E-state index >= 15 is 0 Å². The quantitative estimate of drug-likeness (QED) is 0.643. The third-order valence-electron chi connectivity index (χ3n) is 3.22. The van der Waals surface area contributed by atoms with Gasteiger partial charge in [0.15, 0.2) is 11.5 Å². The van der Waals surface area contributed by atoms with Crippen LogP contribution >= 0.6 is 0 Å². The van der Waals surface area contributed by atoms with E-state index in [1.54, 1.807) is 18.2 Å². The van der Waals surface area contributed by atoms with E-state index in [-0.39, 0.29) is 18.4 Å². The summed E-state index contributed by atoms with van der Waals surface area (Å²) in [7, 11) is 3.00. The lowest BCUT2D eigenvalue weighted by molar-refractivity contribution is -0.120. The molecule has 1 aliphatic heterocycles. The van der Waals surface area contributed by atoms with Gasteiger partial charge in [-0.15, -0.1) is 0 Å². The van der Waals surface area contributed by atoms with Crippen molar-refractivity contribution < 1.29 is 23.9 Å².